The van der Waals surface area contributed by atoms with Crippen molar-refractivity contribution in [2.75, 3.05) is 6.61 Å². The van der Waals surface area contributed by atoms with E-state index in [1.165, 1.54) is 0 Å². The lowest BCUT2D eigenvalue weighted by molar-refractivity contribution is -0.290. The molecule has 0 radical (unpaired) electrons. The Morgan fingerprint density at radius 2 is 1.54 bits per heavy atom. The lowest BCUT2D eigenvalue weighted by Crippen LogP contribution is -2.45. The summed E-state index contributed by atoms with van der Waals surface area (Å²) in [5, 5.41) is 0. The summed E-state index contributed by atoms with van der Waals surface area (Å²) < 4.78 is 63.9. The van der Waals surface area contributed by atoms with Gasteiger partial charge >= 0.3 is 12.1 Å². The maximum Gasteiger partial charge on any atom is 0.455 e. The molecule has 0 aromatic heterocycles. The van der Waals surface area contributed by atoms with Gasteiger partial charge in [0.25, 0.3) is 0 Å². The van der Waals surface area contributed by atoms with Crippen molar-refractivity contribution in [2.45, 2.75) is 25.2 Å². The van der Waals surface area contributed by atoms with Gasteiger partial charge in [-0.25, -0.2) is 0 Å². The summed E-state index contributed by atoms with van der Waals surface area (Å²) in [5.74, 6) is -4.72. The molecule has 0 heterocycles. The highest BCUT2D eigenvalue weighted by Crippen LogP contribution is 2.35. The maximum absolute atomic E-state index is 12.2. The van der Waals surface area contributed by atoms with Crippen LogP contribution in [0, 0.1) is 0 Å². The zero-order valence-electron chi connectivity index (χ0n) is 7.51. The van der Waals surface area contributed by atoms with Gasteiger partial charge in [0.1, 0.15) is 6.61 Å². The molecule has 0 bridgehead atoms. The van der Waals surface area contributed by atoms with Crippen LogP contribution in [0.15, 0.2) is 0 Å². The second kappa shape index (κ2) is 3.66. The molecule has 8 heteroatoms. The van der Waals surface area contributed by atoms with Crippen molar-refractivity contribution in [3.8, 4) is 0 Å². The molecule has 1 nitrogen and oxygen atoms in total. The first-order valence-corrected chi connectivity index (χ1v) is 9.95. The topological polar surface area (TPSA) is 9.23 Å². The Morgan fingerprint density at radius 3 is 1.77 bits per heavy atom. The quantitative estimate of drug-likeness (QED) is 0.531. The molecule has 0 aliphatic carbocycles. The third-order valence-corrected chi connectivity index (χ3v) is 2.98. The molecule has 13 heavy (non-hydrogen) atoms. The Kier molecular flexibility index (Phi) is 3.67. The zero-order chi connectivity index (χ0) is 10.9. The van der Waals surface area contributed by atoms with E-state index in [0.29, 0.717) is 9.76 Å². The van der Waals surface area contributed by atoms with Gasteiger partial charge in [0.15, 0.2) is 7.83 Å². The largest absolute Gasteiger partial charge is 0.455 e. The third-order valence-electron chi connectivity index (χ3n) is 1.10. The summed E-state index contributed by atoms with van der Waals surface area (Å²) in [5.41, 5.74) is 0. The first-order chi connectivity index (χ1) is 5.46. The Labute approximate surface area is 76.6 Å². The first kappa shape index (κ1) is 13.0. The maximum atomic E-state index is 12.2. The van der Waals surface area contributed by atoms with Crippen molar-refractivity contribution in [3.05, 3.63) is 0 Å². The second-order valence-corrected chi connectivity index (χ2v) is 15.3. The molecule has 0 aliphatic rings. The van der Waals surface area contributed by atoms with Crippen molar-refractivity contribution >= 4 is 17.6 Å². The van der Waals surface area contributed by atoms with Crippen molar-refractivity contribution in [1.82, 2.24) is 0 Å². The minimum Gasteiger partial charge on any atom is -0.415 e. The second-order valence-electron chi connectivity index (χ2n) is 3.60. The molecule has 0 unspecified atom stereocenters. The van der Waals surface area contributed by atoms with Gasteiger partial charge in [-0.3, -0.25) is 0 Å². The molecular formula is C5H11F5OSi2. The van der Waals surface area contributed by atoms with Gasteiger partial charge in [-0.1, -0.05) is 0 Å². The van der Waals surface area contributed by atoms with E-state index in [0.717, 1.165) is 0 Å². The van der Waals surface area contributed by atoms with E-state index >= 15 is 0 Å². The number of hydrogen-bond donors (Lipinski definition) is 0. The van der Waals surface area contributed by atoms with Crippen LogP contribution in [-0.4, -0.2) is 36.3 Å². The molecule has 0 atom stereocenters. The highest BCUT2D eigenvalue weighted by molar-refractivity contribution is 7.12. The van der Waals surface area contributed by atoms with E-state index in [4.69, 9.17) is 0 Å². The third kappa shape index (κ3) is 4.72. The van der Waals surface area contributed by atoms with Gasteiger partial charge in [0.2, 0.25) is 0 Å². The Morgan fingerprint density at radius 1 is 1.15 bits per heavy atom. The first-order valence-electron chi connectivity index (χ1n) is 3.54. The Hall–Kier alpha value is 0.0438. The molecule has 0 aromatic carbocycles. The standard InChI is InChI=1S/C5H11F5OSi2/c1-13(2,12)11-3-4(6,7)5(8,9)10/h3H2,1-2,12H3. The normalized spacial score (nSPS) is 15.0. The number of halogens is 5. The summed E-state index contributed by atoms with van der Waals surface area (Å²) in [4.78, 5) is 0. The van der Waals surface area contributed by atoms with E-state index in [1.54, 1.807) is 13.1 Å². The van der Waals surface area contributed by atoms with Gasteiger partial charge in [-0.05, 0) is 13.1 Å². The molecule has 0 N–H and O–H groups in total. The molecule has 80 valence electrons. The average molecular weight is 238 g/mol. The predicted octanol–water partition coefficient (Wildman–Crippen LogP) is 1.27. The molecule has 0 amide bonds. The fourth-order valence-electron chi connectivity index (χ4n) is 0.389. The fourth-order valence-corrected chi connectivity index (χ4v) is 1.44. The molecule has 0 aliphatic heterocycles. The molecule has 0 fully saturated rings. The van der Waals surface area contributed by atoms with Crippen LogP contribution in [0.4, 0.5) is 22.0 Å². The van der Waals surface area contributed by atoms with Crippen LogP contribution in [0.5, 0.6) is 0 Å². The summed E-state index contributed by atoms with van der Waals surface area (Å²) in [6.07, 6.45) is -5.51. The lowest BCUT2D eigenvalue weighted by atomic mass is 10.3. The van der Waals surface area contributed by atoms with Gasteiger partial charge in [-0.15, -0.1) is 0 Å². The van der Waals surface area contributed by atoms with Crippen LogP contribution in [0.1, 0.15) is 0 Å². The monoisotopic (exact) mass is 238 g/mol. The van der Waals surface area contributed by atoms with E-state index in [1.807, 2.05) is 0 Å². The summed E-state index contributed by atoms with van der Waals surface area (Å²) >= 11 is 0. The number of hydrogen-bond acceptors (Lipinski definition) is 1. The minimum absolute atomic E-state index is 0.524. The van der Waals surface area contributed by atoms with Gasteiger partial charge in [0, 0.05) is 9.76 Å². The highest BCUT2D eigenvalue weighted by Gasteiger charge is 2.57. The van der Waals surface area contributed by atoms with Crippen molar-refractivity contribution < 1.29 is 26.4 Å². The van der Waals surface area contributed by atoms with Crippen LogP contribution in [0.25, 0.3) is 0 Å². The molecular weight excluding hydrogens is 227 g/mol. The van der Waals surface area contributed by atoms with E-state index in [2.05, 4.69) is 4.43 Å². The minimum atomic E-state index is -5.51. The van der Waals surface area contributed by atoms with Crippen molar-refractivity contribution in [1.29, 1.82) is 0 Å². The SMILES string of the molecule is C[Si](C)([SiH3])OCC(F)(F)C(F)(F)F. The zero-order valence-corrected chi connectivity index (χ0v) is 10.5. The van der Waals surface area contributed by atoms with Crippen LogP contribution >= 0.6 is 0 Å². The molecule has 0 aromatic rings. The van der Waals surface area contributed by atoms with Crippen LogP contribution in [0.3, 0.4) is 0 Å². The number of alkyl halides is 5. The van der Waals surface area contributed by atoms with E-state index in [9.17, 15) is 22.0 Å². The summed E-state index contributed by atoms with van der Waals surface area (Å²) in [6, 6.07) is 0. The van der Waals surface area contributed by atoms with Crippen LogP contribution in [0.2, 0.25) is 13.1 Å². The molecule has 0 rings (SSSR count). The highest BCUT2D eigenvalue weighted by atomic mass is 29.2. The summed E-state index contributed by atoms with van der Waals surface area (Å²) in [6.45, 7) is 1.66. The van der Waals surface area contributed by atoms with Gasteiger partial charge in [0.05, 0.1) is 0 Å². The van der Waals surface area contributed by atoms with Gasteiger partial charge in [-0.2, -0.15) is 22.0 Å². The molecule has 0 saturated heterocycles. The van der Waals surface area contributed by atoms with Gasteiger partial charge < -0.3 is 4.43 Å². The van der Waals surface area contributed by atoms with Crippen LogP contribution in [-0.2, 0) is 4.43 Å². The molecule has 0 spiro atoms. The fraction of sp³-hybridized carbons (Fsp3) is 1.00. The lowest BCUT2D eigenvalue weighted by Gasteiger charge is -2.24. The smallest absolute Gasteiger partial charge is 0.415 e. The van der Waals surface area contributed by atoms with E-state index < -0.39 is 26.5 Å². The molecule has 0 saturated carbocycles. The van der Waals surface area contributed by atoms with E-state index in [-0.39, 0.29) is 0 Å². The summed E-state index contributed by atoms with van der Waals surface area (Å²) in [7, 11) is -1.66. The Bertz CT molecular complexity index is 173. The average Bonchev–Trinajstić information content (AvgIpc) is 1.79. The van der Waals surface area contributed by atoms with Crippen LogP contribution < -0.4 is 0 Å². The van der Waals surface area contributed by atoms with Crippen molar-refractivity contribution in [2.24, 2.45) is 0 Å². The Balaban J connectivity index is 4.21. The number of rotatable bonds is 3. The predicted molar refractivity (Wildman–Crippen MR) is 44.4 cm³/mol. The van der Waals surface area contributed by atoms with Crippen molar-refractivity contribution in [3.63, 3.8) is 0 Å².